The Kier molecular flexibility index (Phi) is 6.30. The monoisotopic (exact) mass is 314 g/mol. The molecule has 1 heterocycles. The lowest BCUT2D eigenvalue weighted by molar-refractivity contribution is -0.129. The molecule has 0 saturated carbocycles. The molecule has 2 atom stereocenters. The first kappa shape index (κ1) is 17.2. The van der Waals surface area contributed by atoms with Crippen LogP contribution in [0, 0.1) is 17.2 Å². The summed E-state index contributed by atoms with van der Waals surface area (Å²) < 4.78 is 5.46. The van der Waals surface area contributed by atoms with Gasteiger partial charge in [0.1, 0.15) is 0 Å². The van der Waals surface area contributed by atoms with Gasteiger partial charge in [-0.25, -0.2) is 0 Å². The molecule has 0 spiro atoms. The first-order valence-electron chi connectivity index (χ1n) is 8.07. The average molecular weight is 314 g/mol. The van der Waals surface area contributed by atoms with Crippen LogP contribution in [0.4, 0.5) is 5.69 Å². The highest BCUT2D eigenvalue weighted by Crippen LogP contribution is 2.19. The van der Waals surface area contributed by atoms with Gasteiger partial charge in [0.15, 0.2) is 11.7 Å². The Bertz CT molecular complexity index is 583. The van der Waals surface area contributed by atoms with Gasteiger partial charge in [0.25, 0.3) is 0 Å². The summed E-state index contributed by atoms with van der Waals surface area (Å²) in [7, 11) is 0. The normalized spacial score (nSPS) is 18.2. The number of hydrogen-bond acceptors (Lipinski definition) is 4. The van der Waals surface area contributed by atoms with Crippen molar-refractivity contribution in [1.82, 2.24) is 0 Å². The largest absolute Gasteiger partial charge is 0.378 e. The molecule has 23 heavy (non-hydrogen) atoms. The molecule has 1 aromatic rings. The second kappa shape index (κ2) is 8.44. The number of Topliss-reactive ketones (excluding diaryl/α,β-unsaturated/α-hetero) is 1. The minimum Gasteiger partial charge on any atom is -0.378 e. The molecule has 1 N–H and O–H groups in total. The summed E-state index contributed by atoms with van der Waals surface area (Å²) >= 11 is 0. The molecule has 1 amide bonds. The van der Waals surface area contributed by atoms with Crippen LogP contribution in [0.25, 0.3) is 0 Å². The Labute approximate surface area is 136 Å². The number of hydrogen-bond donors (Lipinski definition) is 1. The second-order valence-electron chi connectivity index (χ2n) is 5.74. The molecule has 0 aromatic heterocycles. The number of aryl methyl sites for hydroxylation is 1. The quantitative estimate of drug-likeness (QED) is 0.785. The number of amides is 1. The lowest BCUT2D eigenvalue weighted by Crippen LogP contribution is -2.29. The molecular formula is C18H22N2O3. The Morgan fingerprint density at radius 3 is 2.70 bits per heavy atom. The third kappa shape index (κ3) is 4.90. The van der Waals surface area contributed by atoms with Crippen molar-refractivity contribution in [3.63, 3.8) is 0 Å². The molecule has 1 aliphatic rings. The van der Waals surface area contributed by atoms with E-state index in [9.17, 15) is 9.59 Å². The molecule has 0 unspecified atom stereocenters. The predicted octanol–water partition coefficient (Wildman–Crippen LogP) is 2.86. The minimum absolute atomic E-state index is 0.0861. The van der Waals surface area contributed by atoms with Gasteiger partial charge in [0.2, 0.25) is 5.91 Å². The highest BCUT2D eigenvalue weighted by Gasteiger charge is 2.27. The molecule has 0 bridgehead atoms. The molecule has 2 rings (SSSR count). The molecular weight excluding hydrogens is 292 g/mol. The van der Waals surface area contributed by atoms with E-state index in [1.807, 2.05) is 25.1 Å². The molecule has 1 aliphatic heterocycles. The Hall–Kier alpha value is -2.19. The zero-order valence-corrected chi connectivity index (χ0v) is 13.4. The van der Waals surface area contributed by atoms with Gasteiger partial charge in [0.05, 0.1) is 12.2 Å². The maximum absolute atomic E-state index is 12.2. The van der Waals surface area contributed by atoms with Gasteiger partial charge in [-0.3, -0.25) is 9.59 Å². The van der Waals surface area contributed by atoms with Gasteiger partial charge in [-0.1, -0.05) is 19.1 Å². The Morgan fingerprint density at radius 1 is 1.39 bits per heavy atom. The van der Waals surface area contributed by atoms with Gasteiger partial charge in [-0.05, 0) is 43.4 Å². The molecule has 1 fully saturated rings. The first-order valence-corrected chi connectivity index (χ1v) is 8.07. The summed E-state index contributed by atoms with van der Waals surface area (Å²) in [5.41, 5.74) is 1.76. The van der Waals surface area contributed by atoms with Crippen LogP contribution in [0.15, 0.2) is 24.3 Å². The van der Waals surface area contributed by atoms with Gasteiger partial charge < -0.3 is 10.1 Å². The van der Waals surface area contributed by atoms with E-state index < -0.39 is 11.8 Å². The van der Waals surface area contributed by atoms with Crippen molar-refractivity contribution in [1.29, 1.82) is 5.26 Å². The van der Waals surface area contributed by atoms with E-state index in [0.717, 1.165) is 31.4 Å². The third-order valence-corrected chi connectivity index (χ3v) is 4.08. The molecule has 1 saturated heterocycles. The van der Waals surface area contributed by atoms with E-state index in [2.05, 4.69) is 5.32 Å². The van der Waals surface area contributed by atoms with Crippen LogP contribution < -0.4 is 5.32 Å². The zero-order chi connectivity index (χ0) is 16.7. The van der Waals surface area contributed by atoms with Crippen molar-refractivity contribution >= 4 is 17.4 Å². The number of benzene rings is 1. The summed E-state index contributed by atoms with van der Waals surface area (Å²) in [5.74, 6) is -2.16. The van der Waals surface area contributed by atoms with Crippen molar-refractivity contribution in [2.45, 2.75) is 45.1 Å². The van der Waals surface area contributed by atoms with Crippen LogP contribution in [0.3, 0.4) is 0 Å². The smallest absolute Gasteiger partial charge is 0.249 e. The predicted molar refractivity (Wildman–Crippen MR) is 86.8 cm³/mol. The Morgan fingerprint density at radius 2 is 2.13 bits per heavy atom. The fourth-order valence-electron chi connectivity index (χ4n) is 2.63. The van der Waals surface area contributed by atoms with Gasteiger partial charge in [-0.15, -0.1) is 0 Å². The van der Waals surface area contributed by atoms with Crippen molar-refractivity contribution in [2.24, 2.45) is 5.92 Å². The van der Waals surface area contributed by atoms with Crippen LogP contribution in [-0.4, -0.2) is 24.4 Å². The Balaban J connectivity index is 1.88. The van der Waals surface area contributed by atoms with Crippen LogP contribution in [0.2, 0.25) is 0 Å². The molecule has 1 aromatic carbocycles. The molecule has 0 radical (unpaired) electrons. The maximum atomic E-state index is 12.2. The van der Waals surface area contributed by atoms with E-state index in [4.69, 9.17) is 10.00 Å². The SMILES string of the molecule is CCc1ccc(NC(=O)[C@@H](C#N)C(=O)CC[C@@H]2CCCO2)cc1. The van der Waals surface area contributed by atoms with Crippen molar-refractivity contribution < 1.29 is 14.3 Å². The molecule has 5 nitrogen and oxygen atoms in total. The maximum Gasteiger partial charge on any atom is 0.249 e. The number of carbonyl (C=O) groups is 2. The third-order valence-electron chi connectivity index (χ3n) is 4.08. The van der Waals surface area contributed by atoms with Crippen LogP contribution >= 0.6 is 0 Å². The van der Waals surface area contributed by atoms with Crippen molar-refractivity contribution in [2.75, 3.05) is 11.9 Å². The van der Waals surface area contributed by atoms with E-state index in [-0.39, 0.29) is 18.3 Å². The van der Waals surface area contributed by atoms with Gasteiger partial charge in [-0.2, -0.15) is 5.26 Å². The minimum atomic E-state index is -1.26. The number of ether oxygens (including phenoxy) is 1. The van der Waals surface area contributed by atoms with E-state index in [1.165, 1.54) is 0 Å². The molecule has 0 aliphatic carbocycles. The van der Waals surface area contributed by atoms with E-state index in [1.54, 1.807) is 12.1 Å². The lowest BCUT2D eigenvalue weighted by atomic mass is 9.98. The summed E-state index contributed by atoms with van der Waals surface area (Å²) in [6.07, 6.45) is 3.73. The molecule has 5 heteroatoms. The van der Waals surface area contributed by atoms with Gasteiger partial charge >= 0.3 is 0 Å². The number of carbonyl (C=O) groups excluding carboxylic acids is 2. The van der Waals surface area contributed by atoms with Crippen LogP contribution in [0.1, 0.15) is 38.2 Å². The van der Waals surface area contributed by atoms with Gasteiger partial charge in [0, 0.05) is 18.7 Å². The average Bonchev–Trinajstić information content (AvgIpc) is 3.08. The number of nitrogens with zero attached hydrogens (tertiary/aromatic N) is 1. The number of nitrogens with one attached hydrogen (secondary N) is 1. The lowest BCUT2D eigenvalue weighted by Gasteiger charge is -2.12. The molecule has 122 valence electrons. The second-order valence-corrected chi connectivity index (χ2v) is 5.74. The highest BCUT2D eigenvalue weighted by molar-refractivity contribution is 6.09. The van der Waals surface area contributed by atoms with Crippen LogP contribution in [0.5, 0.6) is 0 Å². The topological polar surface area (TPSA) is 79.2 Å². The van der Waals surface area contributed by atoms with E-state index >= 15 is 0 Å². The highest BCUT2D eigenvalue weighted by atomic mass is 16.5. The fraction of sp³-hybridized carbons (Fsp3) is 0.500. The number of ketones is 1. The van der Waals surface area contributed by atoms with Crippen molar-refractivity contribution in [3.8, 4) is 6.07 Å². The number of rotatable bonds is 7. The van der Waals surface area contributed by atoms with E-state index in [0.29, 0.717) is 12.1 Å². The number of nitriles is 1. The zero-order valence-electron chi connectivity index (χ0n) is 13.4. The van der Waals surface area contributed by atoms with Crippen molar-refractivity contribution in [3.05, 3.63) is 29.8 Å². The fourth-order valence-corrected chi connectivity index (χ4v) is 2.63. The summed E-state index contributed by atoms with van der Waals surface area (Å²) in [6, 6.07) is 9.20. The summed E-state index contributed by atoms with van der Waals surface area (Å²) in [4.78, 5) is 24.3. The van der Waals surface area contributed by atoms with Crippen LogP contribution in [-0.2, 0) is 20.7 Å². The number of anilines is 1. The summed E-state index contributed by atoms with van der Waals surface area (Å²) in [5, 5.41) is 11.8. The first-order chi connectivity index (χ1) is 11.1. The standard InChI is InChI=1S/C18H22N2O3/c1-2-13-5-7-14(8-6-13)20-18(22)16(12-19)17(21)10-9-15-4-3-11-23-15/h5-8,15-16H,2-4,9-11H2,1H3,(H,20,22)/t15-,16-/m0/s1. The summed E-state index contributed by atoms with van der Waals surface area (Å²) in [6.45, 7) is 2.78.